The summed E-state index contributed by atoms with van der Waals surface area (Å²) in [5.74, 6) is 0.947. The van der Waals surface area contributed by atoms with Crippen LogP contribution in [0.15, 0.2) is 275 Å². The third-order valence-corrected chi connectivity index (χ3v) is 15.2. The van der Waals surface area contributed by atoms with Gasteiger partial charge in [0.2, 0.25) is 0 Å². The molecule has 0 bridgehead atoms. The normalized spacial score (nSPS) is 13.2. The number of hydrogen-bond donors (Lipinski definition) is 1. The highest BCUT2D eigenvalue weighted by atomic mass is 16.3. The molecule has 0 saturated heterocycles. The Balaban J connectivity index is 0.808. The van der Waals surface area contributed by atoms with Crippen LogP contribution in [-0.4, -0.2) is 11.7 Å². The monoisotopic (exact) mass is 945 g/mol. The summed E-state index contributed by atoms with van der Waals surface area (Å²) in [7, 11) is 0. The molecule has 0 unspecified atom stereocenters. The molecule has 12 aromatic rings. The first-order valence-corrected chi connectivity index (χ1v) is 25.3. The van der Waals surface area contributed by atoms with Gasteiger partial charge in [0.25, 0.3) is 0 Å². The number of benzene rings is 11. The standard InChI is InChI=1S/C70H47N3O/c71-68(53-22-13-20-49(40-53)45-16-3-1-4-17-45)73-69(54-23-14-21-50(41-54)46-18-5-2-6-19-46)72-44-55-24-15-31-66-67(55)60-43-52(37-39-65(60)74-66)48-34-32-47(33-35-48)51-36-38-64-59(42-51)58-27-9-12-30-63(58)70(64)61-28-10-7-25-56(61)57-26-8-11-29-62(57)70/h1-43H,44H2,(H2,71,72,73). The molecule has 14 rings (SSSR count). The Morgan fingerprint density at radius 1 is 0.365 bits per heavy atom. The molecule has 1 heterocycles. The highest BCUT2D eigenvalue weighted by Gasteiger charge is 2.51. The fourth-order valence-electron chi connectivity index (χ4n) is 11.8. The average Bonchev–Trinajstić information content (AvgIpc) is 4.24. The summed E-state index contributed by atoms with van der Waals surface area (Å²) in [6, 6.07) is 93.0. The summed E-state index contributed by atoms with van der Waals surface area (Å²) >= 11 is 0. The summed E-state index contributed by atoms with van der Waals surface area (Å²) in [5, 5.41) is 2.08. The number of hydrogen-bond acceptors (Lipinski definition) is 2. The number of aliphatic imine (C=N–C) groups is 2. The summed E-state index contributed by atoms with van der Waals surface area (Å²) in [6.07, 6.45) is 0. The molecule has 2 aliphatic carbocycles. The lowest BCUT2D eigenvalue weighted by Gasteiger charge is -2.30. The van der Waals surface area contributed by atoms with Crippen LogP contribution in [0.25, 0.3) is 88.7 Å². The third-order valence-electron chi connectivity index (χ3n) is 15.2. The van der Waals surface area contributed by atoms with Gasteiger partial charge < -0.3 is 10.2 Å². The second-order valence-corrected chi connectivity index (χ2v) is 19.4. The van der Waals surface area contributed by atoms with Gasteiger partial charge in [-0.2, -0.15) is 0 Å². The van der Waals surface area contributed by atoms with Gasteiger partial charge in [0, 0.05) is 21.9 Å². The van der Waals surface area contributed by atoms with E-state index < -0.39 is 0 Å². The number of furan rings is 1. The van der Waals surface area contributed by atoms with Crippen LogP contribution in [0.5, 0.6) is 0 Å². The van der Waals surface area contributed by atoms with Crippen LogP contribution >= 0.6 is 0 Å². The Morgan fingerprint density at radius 3 is 1.46 bits per heavy atom. The molecule has 11 aromatic carbocycles. The predicted octanol–water partition coefficient (Wildman–Crippen LogP) is 16.9. The molecular weight excluding hydrogens is 899 g/mol. The zero-order chi connectivity index (χ0) is 49.2. The van der Waals surface area contributed by atoms with Crippen molar-refractivity contribution in [2.45, 2.75) is 12.0 Å². The van der Waals surface area contributed by atoms with E-state index in [2.05, 4.69) is 212 Å². The Kier molecular flexibility index (Phi) is 10.3. The van der Waals surface area contributed by atoms with Crippen molar-refractivity contribution >= 4 is 33.6 Å². The summed E-state index contributed by atoms with van der Waals surface area (Å²) in [5.41, 5.74) is 30.6. The van der Waals surface area contributed by atoms with E-state index in [0.717, 1.165) is 72.0 Å². The van der Waals surface area contributed by atoms with E-state index in [9.17, 15) is 0 Å². The topological polar surface area (TPSA) is 63.9 Å². The summed E-state index contributed by atoms with van der Waals surface area (Å²) in [4.78, 5) is 10.4. The maximum absolute atomic E-state index is 6.91. The molecule has 0 aliphatic heterocycles. The van der Waals surface area contributed by atoms with E-state index in [1.165, 1.54) is 55.6 Å². The van der Waals surface area contributed by atoms with Crippen molar-refractivity contribution < 1.29 is 4.42 Å². The lowest BCUT2D eigenvalue weighted by Crippen LogP contribution is -2.25. The zero-order valence-electron chi connectivity index (χ0n) is 40.4. The van der Waals surface area contributed by atoms with Crippen LogP contribution in [0, 0.1) is 0 Å². The minimum atomic E-state index is -0.349. The van der Waals surface area contributed by atoms with Crippen LogP contribution in [0.1, 0.15) is 38.9 Å². The Morgan fingerprint density at radius 2 is 0.824 bits per heavy atom. The molecule has 74 heavy (non-hydrogen) atoms. The van der Waals surface area contributed by atoms with E-state index in [1.807, 2.05) is 48.5 Å². The van der Waals surface area contributed by atoms with Crippen molar-refractivity contribution in [3.8, 4) is 66.8 Å². The first-order chi connectivity index (χ1) is 36.6. The van der Waals surface area contributed by atoms with Crippen molar-refractivity contribution in [3.05, 3.63) is 300 Å². The predicted molar refractivity (Wildman–Crippen MR) is 306 cm³/mol. The molecule has 0 radical (unpaired) electrons. The minimum Gasteiger partial charge on any atom is -0.456 e. The second-order valence-electron chi connectivity index (χ2n) is 19.4. The zero-order valence-corrected chi connectivity index (χ0v) is 40.4. The van der Waals surface area contributed by atoms with Crippen LogP contribution in [0.3, 0.4) is 0 Å². The smallest absolute Gasteiger partial charge is 0.157 e. The molecule has 348 valence electrons. The first-order valence-electron chi connectivity index (χ1n) is 25.3. The Labute approximate surface area is 430 Å². The summed E-state index contributed by atoms with van der Waals surface area (Å²) in [6.45, 7) is 0.363. The van der Waals surface area contributed by atoms with Crippen LogP contribution in [-0.2, 0) is 12.0 Å². The van der Waals surface area contributed by atoms with Crippen LogP contribution in [0.4, 0.5) is 0 Å². The molecule has 0 fully saturated rings. The number of amidine groups is 2. The van der Waals surface area contributed by atoms with Crippen molar-refractivity contribution in [1.82, 2.24) is 0 Å². The SMILES string of the molecule is NC(=NC(=NCc1cccc2oc3ccc(-c4ccc(-c5ccc6c(c5)-c5ccccc5C65c6ccccc6-c6ccccc65)cc4)cc3c12)c1cccc(-c2ccccc2)c1)c1cccc(-c2ccccc2)c1. The van der Waals surface area contributed by atoms with Gasteiger partial charge in [-0.05, 0) is 131 Å². The van der Waals surface area contributed by atoms with Gasteiger partial charge in [0.05, 0.1) is 12.0 Å². The summed E-state index contributed by atoms with van der Waals surface area (Å²) < 4.78 is 6.53. The molecule has 0 amide bonds. The number of fused-ring (bicyclic) bond motifs is 13. The van der Waals surface area contributed by atoms with Gasteiger partial charge in [-0.3, -0.25) is 4.99 Å². The van der Waals surface area contributed by atoms with Crippen LogP contribution < -0.4 is 5.73 Å². The van der Waals surface area contributed by atoms with E-state index in [1.54, 1.807) is 0 Å². The highest BCUT2D eigenvalue weighted by Crippen LogP contribution is 2.63. The van der Waals surface area contributed by atoms with Gasteiger partial charge >= 0.3 is 0 Å². The Bertz CT molecular complexity index is 4180. The van der Waals surface area contributed by atoms with Crippen molar-refractivity contribution in [3.63, 3.8) is 0 Å². The maximum Gasteiger partial charge on any atom is 0.157 e. The number of nitrogens with two attached hydrogens (primary N) is 1. The maximum atomic E-state index is 6.91. The fraction of sp³-hybridized carbons (Fsp3) is 0.0286. The molecule has 2 N–H and O–H groups in total. The van der Waals surface area contributed by atoms with Gasteiger partial charge in [-0.25, -0.2) is 4.99 Å². The van der Waals surface area contributed by atoms with Crippen molar-refractivity contribution in [2.75, 3.05) is 0 Å². The lowest BCUT2D eigenvalue weighted by atomic mass is 9.70. The Hall–Kier alpha value is -9.64. The van der Waals surface area contributed by atoms with Gasteiger partial charge in [-0.1, -0.05) is 224 Å². The van der Waals surface area contributed by atoms with Gasteiger partial charge in [-0.15, -0.1) is 0 Å². The number of rotatable bonds is 8. The molecule has 4 nitrogen and oxygen atoms in total. The van der Waals surface area contributed by atoms with Gasteiger partial charge in [0.15, 0.2) is 5.84 Å². The molecule has 0 saturated carbocycles. The van der Waals surface area contributed by atoms with Crippen molar-refractivity contribution in [1.29, 1.82) is 0 Å². The fourth-order valence-corrected chi connectivity index (χ4v) is 11.8. The first kappa shape index (κ1) is 43.2. The largest absolute Gasteiger partial charge is 0.456 e. The van der Waals surface area contributed by atoms with E-state index >= 15 is 0 Å². The molecule has 2 aliphatic rings. The van der Waals surface area contributed by atoms with E-state index in [0.29, 0.717) is 18.2 Å². The van der Waals surface area contributed by atoms with Crippen molar-refractivity contribution in [2.24, 2.45) is 15.7 Å². The lowest BCUT2D eigenvalue weighted by molar-refractivity contribution is 0.668. The molecule has 1 aromatic heterocycles. The quantitative estimate of drug-likeness (QED) is 0.122. The van der Waals surface area contributed by atoms with Gasteiger partial charge in [0.1, 0.15) is 17.0 Å². The number of nitrogens with zero attached hydrogens (tertiary/aromatic N) is 2. The molecular formula is C70H47N3O. The molecule has 0 atom stereocenters. The van der Waals surface area contributed by atoms with Crippen LogP contribution in [0.2, 0.25) is 0 Å². The molecule has 1 spiro atoms. The van der Waals surface area contributed by atoms with E-state index in [4.69, 9.17) is 20.1 Å². The third kappa shape index (κ3) is 7.06. The second kappa shape index (κ2) is 17.6. The highest BCUT2D eigenvalue weighted by molar-refractivity contribution is 6.12. The molecule has 4 heteroatoms. The average molecular weight is 946 g/mol. The van der Waals surface area contributed by atoms with E-state index in [-0.39, 0.29) is 5.41 Å². The minimum absolute atomic E-state index is 0.349.